The van der Waals surface area contributed by atoms with Crippen LogP contribution in [0.1, 0.15) is 30.9 Å². The maximum Gasteiger partial charge on any atom is 0.228 e. The van der Waals surface area contributed by atoms with Crippen LogP contribution in [-0.4, -0.2) is 30.7 Å². The lowest BCUT2D eigenvalue weighted by atomic mass is 9.89. The monoisotopic (exact) mass is 262 g/mol. The lowest BCUT2D eigenvalue weighted by Gasteiger charge is -2.28. The van der Waals surface area contributed by atoms with Gasteiger partial charge in [-0.05, 0) is 11.1 Å². The van der Waals surface area contributed by atoms with E-state index in [4.69, 9.17) is 0 Å². The fraction of sp³-hybridized carbons (Fsp3) is 0.533. The molecule has 0 radical (unpaired) electrons. The SMILES string of the molecule is CC(C)(CO)CNC(=O)C1CNCc2ccccc21. The first kappa shape index (κ1) is 14.0. The molecule has 1 aliphatic heterocycles. The van der Waals surface area contributed by atoms with Gasteiger partial charge >= 0.3 is 0 Å². The summed E-state index contributed by atoms with van der Waals surface area (Å²) in [6.07, 6.45) is 0. The number of aliphatic hydroxyl groups is 1. The van der Waals surface area contributed by atoms with Gasteiger partial charge in [-0.15, -0.1) is 0 Å². The van der Waals surface area contributed by atoms with Gasteiger partial charge in [0.25, 0.3) is 0 Å². The fourth-order valence-corrected chi connectivity index (χ4v) is 2.24. The van der Waals surface area contributed by atoms with Gasteiger partial charge < -0.3 is 15.7 Å². The molecule has 1 heterocycles. The van der Waals surface area contributed by atoms with E-state index < -0.39 is 0 Å². The van der Waals surface area contributed by atoms with Crippen LogP contribution in [0.2, 0.25) is 0 Å². The third kappa shape index (κ3) is 3.33. The van der Waals surface area contributed by atoms with Gasteiger partial charge in [0.05, 0.1) is 5.92 Å². The number of carbonyl (C=O) groups is 1. The van der Waals surface area contributed by atoms with Crippen LogP contribution in [0.25, 0.3) is 0 Å². The molecule has 3 N–H and O–H groups in total. The maximum absolute atomic E-state index is 12.3. The Morgan fingerprint density at radius 3 is 2.95 bits per heavy atom. The summed E-state index contributed by atoms with van der Waals surface area (Å²) in [6.45, 7) is 5.90. The van der Waals surface area contributed by atoms with E-state index in [0.717, 1.165) is 12.1 Å². The molecule has 4 nitrogen and oxygen atoms in total. The summed E-state index contributed by atoms with van der Waals surface area (Å²) in [7, 11) is 0. The van der Waals surface area contributed by atoms with Gasteiger partial charge in [0, 0.05) is 31.7 Å². The predicted molar refractivity (Wildman–Crippen MR) is 74.8 cm³/mol. The summed E-state index contributed by atoms with van der Waals surface area (Å²) in [6, 6.07) is 8.05. The number of benzene rings is 1. The molecule has 1 unspecified atom stereocenters. The predicted octanol–water partition coefficient (Wildman–Crippen LogP) is 1.01. The van der Waals surface area contributed by atoms with Crippen LogP contribution in [0, 0.1) is 5.41 Å². The van der Waals surface area contributed by atoms with Crippen molar-refractivity contribution in [2.75, 3.05) is 19.7 Å². The van der Waals surface area contributed by atoms with Crippen molar-refractivity contribution in [3.05, 3.63) is 35.4 Å². The van der Waals surface area contributed by atoms with Crippen LogP contribution in [0.3, 0.4) is 0 Å². The van der Waals surface area contributed by atoms with Crippen molar-refractivity contribution in [1.82, 2.24) is 10.6 Å². The number of amides is 1. The highest BCUT2D eigenvalue weighted by molar-refractivity contribution is 5.84. The summed E-state index contributed by atoms with van der Waals surface area (Å²) in [5, 5.41) is 15.4. The smallest absolute Gasteiger partial charge is 0.228 e. The first-order chi connectivity index (χ1) is 9.03. The Labute approximate surface area is 114 Å². The first-order valence-corrected chi connectivity index (χ1v) is 6.70. The molecule has 0 aromatic heterocycles. The highest BCUT2D eigenvalue weighted by atomic mass is 16.3. The molecule has 2 rings (SSSR count). The van der Waals surface area contributed by atoms with Crippen molar-refractivity contribution in [1.29, 1.82) is 0 Å². The lowest BCUT2D eigenvalue weighted by molar-refractivity contribution is -0.123. The zero-order valence-electron chi connectivity index (χ0n) is 11.6. The van der Waals surface area contributed by atoms with Gasteiger partial charge in [-0.3, -0.25) is 4.79 Å². The zero-order chi connectivity index (χ0) is 13.9. The number of hydrogen-bond acceptors (Lipinski definition) is 3. The molecule has 1 atom stereocenters. The van der Waals surface area contributed by atoms with Crippen molar-refractivity contribution in [2.24, 2.45) is 5.41 Å². The molecule has 0 aliphatic carbocycles. The Bertz CT molecular complexity index is 457. The van der Waals surface area contributed by atoms with E-state index in [1.807, 2.05) is 32.0 Å². The largest absolute Gasteiger partial charge is 0.396 e. The minimum atomic E-state index is -0.280. The highest BCUT2D eigenvalue weighted by Gasteiger charge is 2.27. The van der Waals surface area contributed by atoms with Crippen LogP contribution in [-0.2, 0) is 11.3 Å². The number of hydrogen-bond donors (Lipinski definition) is 3. The van der Waals surface area contributed by atoms with E-state index in [1.54, 1.807) is 0 Å². The molecule has 19 heavy (non-hydrogen) atoms. The van der Waals surface area contributed by atoms with Gasteiger partial charge in [0.2, 0.25) is 5.91 Å². The molecule has 0 bridgehead atoms. The van der Waals surface area contributed by atoms with Crippen LogP contribution in [0.4, 0.5) is 0 Å². The number of rotatable bonds is 4. The van der Waals surface area contributed by atoms with E-state index in [1.165, 1.54) is 5.56 Å². The van der Waals surface area contributed by atoms with Crippen LogP contribution in [0.5, 0.6) is 0 Å². The van der Waals surface area contributed by atoms with Crippen molar-refractivity contribution in [3.8, 4) is 0 Å². The quantitative estimate of drug-likeness (QED) is 0.759. The van der Waals surface area contributed by atoms with Crippen LogP contribution in [0.15, 0.2) is 24.3 Å². The van der Waals surface area contributed by atoms with Gasteiger partial charge in [0.1, 0.15) is 0 Å². The zero-order valence-corrected chi connectivity index (χ0v) is 11.6. The molecule has 1 aromatic carbocycles. The Hall–Kier alpha value is -1.39. The molecule has 104 valence electrons. The first-order valence-electron chi connectivity index (χ1n) is 6.70. The Balaban J connectivity index is 2.05. The Morgan fingerprint density at radius 2 is 2.21 bits per heavy atom. The average Bonchev–Trinajstić information content (AvgIpc) is 2.44. The minimum absolute atomic E-state index is 0.0289. The number of nitrogens with one attached hydrogen (secondary N) is 2. The average molecular weight is 262 g/mol. The van der Waals surface area contributed by atoms with Gasteiger partial charge in [-0.25, -0.2) is 0 Å². The summed E-state index contributed by atoms with van der Waals surface area (Å²) < 4.78 is 0. The third-order valence-electron chi connectivity index (χ3n) is 3.58. The van der Waals surface area contributed by atoms with Crippen molar-refractivity contribution in [3.63, 3.8) is 0 Å². The van der Waals surface area contributed by atoms with Crippen molar-refractivity contribution < 1.29 is 9.90 Å². The molecule has 0 saturated carbocycles. The molecule has 1 amide bonds. The van der Waals surface area contributed by atoms with Gasteiger partial charge in [-0.2, -0.15) is 0 Å². The fourth-order valence-electron chi connectivity index (χ4n) is 2.24. The van der Waals surface area contributed by atoms with E-state index >= 15 is 0 Å². The molecule has 0 spiro atoms. The Morgan fingerprint density at radius 1 is 1.47 bits per heavy atom. The lowest BCUT2D eigenvalue weighted by Crippen LogP contribution is -2.42. The summed E-state index contributed by atoms with van der Waals surface area (Å²) in [5.74, 6) is -0.111. The molecule has 4 heteroatoms. The van der Waals surface area contributed by atoms with Crippen molar-refractivity contribution in [2.45, 2.75) is 26.3 Å². The standard InChI is InChI=1S/C15H22N2O2/c1-15(2,10-18)9-17-14(19)13-8-16-7-11-5-3-4-6-12(11)13/h3-6,13,16,18H,7-10H2,1-2H3,(H,17,19). The molecular formula is C15H22N2O2. The summed E-state index contributed by atoms with van der Waals surface area (Å²) >= 11 is 0. The van der Waals surface area contributed by atoms with Crippen LogP contribution < -0.4 is 10.6 Å². The number of carbonyl (C=O) groups excluding carboxylic acids is 1. The van der Waals surface area contributed by atoms with Gasteiger partial charge in [-0.1, -0.05) is 38.1 Å². The maximum atomic E-state index is 12.3. The summed E-state index contributed by atoms with van der Waals surface area (Å²) in [5.41, 5.74) is 2.02. The molecule has 0 fully saturated rings. The van der Waals surface area contributed by atoms with Crippen molar-refractivity contribution >= 4 is 5.91 Å². The molecule has 1 aliphatic rings. The third-order valence-corrected chi connectivity index (χ3v) is 3.58. The molecule has 0 saturated heterocycles. The molecular weight excluding hydrogens is 240 g/mol. The second-order valence-electron chi connectivity index (χ2n) is 5.92. The Kier molecular flexibility index (Phi) is 4.22. The van der Waals surface area contributed by atoms with E-state index in [9.17, 15) is 9.90 Å². The van der Waals surface area contributed by atoms with E-state index in [0.29, 0.717) is 13.1 Å². The van der Waals surface area contributed by atoms with Gasteiger partial charge in [0.15, 0.2) is 0 Å². The second kappa shape index (κ2) is 5.72. The van der Waals surface area contributed by atoms with E-state index in [2.05, 4.69) is 16.7 Å². The normalized spacial score (nSPS) is 18.8. The minimum Gasteiger partial charge on any atom is -0.396 e. The second-order valence-corrected chi connectivity index (χ2v) is 5.92. The molecule has 1 aromatic rings. The summed E-state index contributed by atoms with van der Waals surface area (Å²) in [4.78, 5) is 12.3. The number of aliphatic hydroxyl groups excluding tert-OH is 1. The number of fused-ring (bicyclic) bond motifs is 1. The van der Waals surface area contributed by atoms with Crippen LogP contribution >= 0.6 is 0 Å². The van der Waals surface area contributed by atoms with E-state index in [-0.39, 0.29) is 23.8 Å². The topological polar surface area (TPSA) is 61.4 Å². The highest BCUT2D eigenvalue weighted by Crippen LogP contribution is 2.24.